The van der Waals surface area contributed by atoms with Gasteiger partial charge in [0.1, 0.15) is 5.82 Å². The fourth-order valence-corrected chi connectivity index (χ4v) is 5.19. The summed E-state index contributed by atoms with van der Waals surface area (Å²) in [6.45, 7) is 7.18. The van der Waals surface area contributed by atoms with Crippen LogP contribution in [0.4, 0.5) is 5.82 Å². The second kappa shape index (κ2) is 7.83. The molecule has 0 N–H and O–H groups in total. The number of aromatic nitrogens is 6. The summed E-state index contributed by atoms with van der Waals surface area (Å²) in [6.07, 6.45) is 9.71. The topological polar surface area (TPSA) is 83.9 Å². The van der Waals surface area contributed by atoms with Gasteiger partial charge in [0.05, 0.1) is 11.7 Å². The Morgan fingerprint density at radius 2 is 1.97 bits per heavy atom. The number of hydrogen-bond donors (Lipinski definition) is 0. The van der Waals surface area contributed by atoms with Crippen molar-refractivity contribution in [1.82, 2.24) is 34.1 Å². The Kier molecular flexibility index (Phi) is 4.78. The molecule has 1 amide bonds. The van der Waals surface area contributed by atoms with Crippen LogP contribution >= 0.6 is 0 Å². The Balaban J connectivity index is 1.33. The van der Waals surface area contributed by atoms with Crippen LogP contribution in [0.3, 0.4) is 0 Å². The molecule has 0 bridgehead atoms. The second-order valence-electron chi connectivity index (χ2n) is 9.42. The zero-order valence-corrected chi connectivity index (χ0v) is 19.1. The zero-order chi connectivity index (χ0) is 22.5. The fourth-order valence-electron chi connectivity index (χ4n) is 5.19. The van der Waals surface area contributed by atoms with Gasteiger partial charge in [0.25, 0.3) is 5.91 Å². The van der Waals surface area contributed by atoms with Crippen LogP contribution in [0.1, 0.15) is 60.4 Å². The minimum Gasteiger partial charge on any atom is -0.356 e. The number of carbonyl (C=O) groups is 1. The van der Waals surface area contributed by atoms with Gasteiger partial charge < -0.3 is 9.80 Å². The number of nitrogens with zero attached hydrogens (tertiary/aromatic N) is 8. The highest BCUT2D eigenvalue weighted by molar-refractivity contribution is 5.93. The lowest BCUT2D eigenvalue weighted by Crippen LogP contribution is -2.39. The molecule has 2 saturated heterocycles. The molecule has 0 radical (unpaired) electrons. The monoisotopic (exact) mass is 444 g/mol. The van der Waals surface area contributed by atoms with Crippen molar-refractivity contribution in [2.45, 2.75) is 45.6 Å². The molecule has 2 aliphatic heterocycles. The predicted molar refractivity (Wildman–Crippen MR) is 124 cm³/mol. The molecule has 170 valence electrons. The lowest BCUT2D eigenvalue weighted by molar-refractivity contribution is 0.0599. The summed E-state index contributed by atoms with van der Waals surface area (Å²) >= 11 is 0. The minimum atomic E-state index is -0.0821. The molecule has 4 aromatic rings. The lowest BCUT2D eigenvalue weighted by atomic mass is 9.99. The van der Waals surface area contributed by atoms with Crippen LogP contribution in [-0.2, 0) is 0 Å². The van der Waals surface area contributed by atoms with Crippen LogP contribution in [0, 0.1) is 12.8 Å². The van der Waals surface area contributed by atoms with Crippen molar-refractivity contribution < 1.29 is 4.79 Å². The molecular formula is C24H28N8O. The van der Waals surface area contributed by atoms with Crippen molar-refractivity contribution in [3.05, 3.63) is 53.7 Å². The Labute approximate surface area is 192 Å². The number of amides is 1. The van der Waals surface area contributed by atoms with E-state index in [9.17, 15) is 4.79 Å². The van der Waals surface area contributed by atoms with Crippen LogP contribution < -0.4 is 4.90 Å². The highest BCUT2D eigenvalue weighted by atomic mass is 16.2. The molecule has 0 unspecified atom stereocenters. The third-order valence-electron chi connectivity index (χ3n) is 6.91. The van der Waals surface area contributed by atoms with Gasteiger partial charge in [-0.05, 0) is 44.6 Å². The normalized spacial score (nSPS) is 21.4. The molecule has 0 aliphatic carbocycles. The summed E-state index contributed by atoms with van der Waals surface area (Å²) in [5.74, 6) is 1.67. The summed E-state index contributed by atoms with van der Waals surface area (Å²) in [7, 11) is 0. The predicted octanol–water partition coefficient (Wildman–Crippen LogP) is 3.29. The Hall–Kier alpha value is -3.49. The maximum Gasteiger partial charge on any atom is 0.275 e. The number of anilines is 1. The summed E-state index contributed by atoms with van der Waals surface area (Å²) in [5.41, 5.74) is 3.94. The smallest absolute Gasteiger partial charge is 0.275 e. The molecular weight excluding hydrogens is 416 g/mol. The number of piperidine rings is 1. The average Bonchev–Trinajstić information content (AvgIpc) is 3.55. The van der Waals surface area contributed by atoms with E-state index in [0.29, 0.717) is 23.8 Å². The highest BCUT2D eigenvalue weighted by Gasteiger charge is 2.32. The molecule has 9 nitrogen and oxygen atoms in total. The minimum absolute atomic E-state index is 0.0712. The average molecular weight is 445 g/mol. The van der Waals surface area contributed by atoms with Gasteiger partial charge >= 0.3 is 0 Å². The number of aryl methyl sites for hydroxylation is 1. The molecule has 6 rings (SSSR count). The van der Waals surface area contributed by atoms with E-state index in [1.807, 2.05) is 21.7 Å². The van der Waals surface area contributed by atoms with E-state index >= 15 is 0 Å². The van der Waals surface area contributed by atoms with Gasteiger partial charge in [-0.2, -0.15) is 10.2 Å². The molecule has 2 aliphatic rings. The van der Waals surface area contributed by atoms with Crippen LogP contribution in [0.2, 0.25) is 0 Å². The van der Waals surface area contributed by atoms with Gasteiger partial charge in [-0.15, -0.1) is 0 Å². The van der Waals surface area contributed by atoms with E-state index in [1.165, 1.54) is 6.42 Å². The Bertz CT molecular complexity index is 1310. The number of likely N-dealkylation sites (tertiary alicyclic amines) is 1. The van der Waals surface area contributed by atoms with E-state index in [0.717, 1.165) is 55.1 Å². The summed E-state index contributed by atoms with van der Waals surface area (Å²) in [6, 6.07) is 5.53. The van der Waals surface area contributed by atoms with Gasteiger partial charge in [-0.3, -0.25) is 4.79 Å². The van der Waals surface area contributed by atoms with E-state index < -0.39 is 0 Å². The first kappa shape index (κ1) is 20.1. The number of carbonyl (C=O) groups excluding carboxylic acids is 1. The van der Waals surface area contributed by atoms with Gasteiger partial charge in [0.15, 0.2) is 17.0 Å². The van der Waals surface area contributed by atoms with Crippen LogP contribution in [-0.4, -0.2) is 59.6 Å². The quantitative estimate of drug-likeness (QED) is 0.482. The van der Waals surface area contributed by atoms with E-state index in [2.05, 4.69) is 35.0 Å². The van der Waals surface area contributed by atoms with Crippen molar-refractivity contribution in [2.24, 2.45) is 5.92 Å². The van der Waals surface area contributed by atoms with Crippen molar-refractivity contribution in [3.63, 3.8) is 0 Å². The number of fused-ring (bicyclic) bond motifs is 2. The third-order valence-corrected chi connectivity index (χ3v) is 6.91. The first-order valence-corrected chi connectivity index (χ1v) is 11.8. The Morgan fingerprint density at radius 3 is 2.79 bits per heavy atom. The van der Waals surface area contributed by atoms with Gasteiger partial charge in [-0.1, -0.05) is 6.92 Å². The highest BCUT2D eigenvalue weighted by Crippen LogP contribution is 2.33. The molecule has 9 heteroatoms. The Morgan fingerprint density at radius 1 is 1.06 bits per heavy atom. The third kappa shape index (κ3) is 3.51. The molecule has 0 aromatic carbocycles. The van der Waals surface area contributed by atoms with Crippen LogP contribution in [0.15, 0.2) is 36.8 Å². The molecule has 33 heavy (non-hydrogen) atoms. The van der Waals surface area contributed by atoms with Gasteiger partial charge in [0.2, 0.25) is 0 Å². The first-order chi connectivity index (χ1) is 16.1. The summed E-state index contributed by atoms with van der Waals surface area (Å²) < 4.78 is 3.50. The fraction of sp³-hybridized carbons (Fsp3) is 0.458. The number of hydrogen-bond acceptors (Lipinski definition) is 6. The van der Waals surface area contributed by atoms with Gasteiger partial charge in [-0.25, -0.2) is 19.0 Å². The van der Waals surface area contributed by atoms with Crippen LogP contribution in [0.5, 0.6) is 0 Å². The van der Waals surface area contributed by atoms with Crippen molar-refractivity contribution in [1.29, 1.82) is 0 Å². The molecule has 6 heterocycles. The second-order valence-corrected chi connectivity index (χ2v) is 9.42. The molecule has 2 atom stereocenters. The van der Waals surface area contributed by atoms with Crippen molar-refractivity contribution in [3.8, 4) is 0 Å². The standard InChI is InChI=1S/C24H28N8O/c1-16-7-11-29(14-16)23-17(2)15-32-22(26-23)12-18(27-32)20-6-3-4-9-30(20)24(33)19-13-21-25-8-5-10-31(21)28-19/h5,8,10,12-13,15-16,20H,3-4,6-7,9,11,14H2,1-2H3/t16-,20-/m0/s1. The van der Waals surface area contributed by atoms with E-state index in [4.69, 9.17) is 10.1 Å². The molecule has 0 spiro atoms. The molecule has 0 saturated carbocycles. The van der Waals surface area contributed by atoms with E-state index in [-0.39, 0.29) is 11.9 Å². The number of rotatable bonds is 3. The SMILES string of the molecule is Cc1cn2nc([C@@H]3CCCCN3C(=O)c3cc4ncccn4n3)cc2nc1N1CC[C@H](C)C1. The molecule has 4 aromatic heterocycles. The first-order valence-electron chi connectivity index (χ1n) is 11.8. The van der Waals surface area contributed by atoms with Crippen LogP contribution in [0.25, 0.3) is 11.3 Å². The maximum absolute atomic E-state index is 13.4. The van der Waals surface area contributed by atoms with Gasteiger partial charge in [0, 0.05) is 55.9 Å². The van der Waals surface area contributed by atoms with Crippen molar-refractivity contribution >= 4 is 23.0 Å². The maximum atomic E-state index is 13.4. The zero-order valence-electron chi connectivity index (χ0n) is 19.1. The summed E-state index contributed by atoms with van der Waals surface area (Å²) in [4.78, 5) is 27.0. The summed E-state index contributed by atoms with van der Waals surface area (Å²) in [5, 5.41) is 9.30. The largest absolute Gasteiger partial charge is 0.356 e. The van der Waals surface area contributed by atoms with Crippen molar-refractivity contribution in [2.75, 3.05) is 24.5 Å². The van der Waals surface area contributed by atoms with E-state index in [1.54, 1.807) is 22.8 Å². The molecule has 2 fully saturated rings. The lowest BCUT2D eigenvalue weighted by Gasteiger charge is -2.34.